The molecule has 1 aromatic carbocycles. The van der Waals surface area contributed by atoms with Crippen LogP contribution in [0.3, 0.4) is 0 Å². The van der Waals surface area contributed by atoms with E-state index in [4.69, 9.17) is 17.3 Å². The molecule has 147 valence electrons. The van der Waals surface area contributed by atoms with E-state index in [1.54, 1.807) is 11.3 Å². The van der Waals surface area contributed by atoms with E-state index >= 15 is 0 Å². The average Bonchev–Trinajstić information content (AvgIpc) is 2.69. The van der Waals surface area contributed by atoms with Crippen molar-refractivity contribution in [2.45, 2.75) is 32.2 Å². The zero-order valence-electron chi connectivity index (χ0n) is 15.9. The zero-order valence-corrected chi connectivity index (χ0v) is 16.6. The van der Waals surface area contributed by atoms with Crippen LogP contribution in [0.5, 0.6) is 0 Å². The molecule has 7 heteroatoms. The molecule has 0 saturated carbocycles. The lowest BCUT2D eigenvalue weighted by molar-refractivity contribution is -0.129. The normalized spacial score (nSPS) is 19.3. The fourth-order valence-electron chi connectivity index (χ4n) is 3.93. The van der Waals surface area contributed by atoms with Crippen LogP contribution < -0.4 is 5.73 Å². The number of benzene rings is 1. The van der Waals surface area contributed by atoms with E-state index in [-0.39, 0.29) is 11.9 Å². The maximum atomic E-state index is 12.5. The van der Waals surface area contributed by atoms with E-state index in [1.807, 2.05) is 30.0 Å². The van der Waals surface area contributed by atoms with E-state index in [0.717, 1.165) is 68.3 Å². The predicted octanol–water partition coefficient (Wildman–Crippen LogP) is 2.08. The second kappa shape index (κ2) is 8.93. The lowest BCUT2D eigenvalue weighted by atomic mass is 10.0. The molecular weight excluding hydrogens is 364 g/mol. The molecule has 0 spiro atoms. The second-order valence-electron chi connectivity index (χ2n) is 7.41. The highest BCUT2D eigenvalue weighted by Crippen LogP contribution is 2.20. The van der Waals surface area contributed by atoms with E-state index in [2.05, 4.69) is 4.90 Å². The highest BCUT2D eigenvalue weighted by Gasteiger charge is 2.29. The van der Waals surface area contributed by atoms with Crippen molar-refractivity contribution in [1.29, 1.82) is 0 Å². The van der Waals surface area contributed by atoms with E-state index < -0.39 is 0 Å². The number of rotatable bonds is 4. The Labute approximate surface area is 166 Å². The summed E-state index contributed by atoms with van der Waals surface area (Å²) in [6.07, 6.45) is 4.31. The Balaban J connectivity index is 1.41. The number of piperazine rings is 1. The van der Waals surface area contributed by atoms with Crippen LogP contribution in [0.1, 0.15) is 24.0 Å². The molecule has 2 aliphatic rings. The number of nitrogens with zero attached hydrogens (tertiary/aromatic N) is 3. The third kappa shape index (κ3) is 5.14. The number of hydrogen-bond acceptors (Lipinski definition) is 3. The number of aryl methyl sites for hydroxylation is 1. The maximum Gasteiger partial charge on any atom is 0.314 e. The molecule has 0 unspecified atom stereocenters. The molecule has 0 bridgehead atoms. The number of likely N-dealkylation sites (tertiary alicyclic amines) is 1. The second-order valence-corrected chi connectivity index (χ2v) is 7.82. The minimum atomic E-state index is -0.324. The third-order valence-corrected chi connectivity index (χ3v) is 6.08. The molecule has 6 nitrogen and oxygen atoms in total. The topological polar surface area (TPSA) is 69.9 Å². The van der Waals surface area contributed by atoms with Gasteiger partial charge in [-0.1, -0.05) is 23.7 Å². The summed E-state index contributed by atoms with van der Waals surface area (Å²) in [5.74, 6) is 0.103. The van der Waals surface area contributed by atoms with E-state index in [0.29, 0.717) is 12.5 Å². The quantitative estimate of drug-likeness (QED) is 0.854. The molecule has 1 aromatic rings. The molecule has 3 amide bonds. The molecule has 1 radical (unpaired) electrons. The van der Waals surface area contributed by atoms with Gasteiger partial charge in [0.1, 0.15) is 0 Å². The summed E-state index contributed by atoms with van der Waals surface area (Å²) in [6.45, 7) is 6.72. The lowest BCUT2D eigenvalue weighted by Crippen LogP contribution is -2.55. The van der Waals surface area contributed by atoms with Gasteiger partial charge in [0, 0.05) is 50.3 Å². The zero-order chi connectivity index (χ0) is 19.4. The highest BCUT2D eigenvalue weighted by molar-refractivity contribution is 6.31. The number of hydrogen-bond donors (Lipinski definition) is 1. The molecule has 2 saturated heterocycles. The van der Waals surface area contributed by atoms with Crippen molar-refractivity contribution in [3.8, 4) is 0 Å². The lowest BCUT2D eigenvalue weighted by Gasteiger charge is -2.42. The molecule has 3 rings (SSSR count). The summed E-state index contributed by atoms with van der Waals surface area (Å²) >= 11 is 6.05. The van der Waals surface area contributed by atoms with Gasteiger partial charge in [0.15, 0.2) is 0 Å². The monoisotopic (exact) mass is 391 g/mol. The number of amides is 3. The molecule has 0 aliphatic carbocycles. The first kappa shape index (κ1) is 20.0. The summed E-state index contributed by atoms with van der Waals surface area (Å²) < 4.78 is 0. The Bertz CT molecular complexity index is 681. The van der Waals surface area contributed by atoms with Gasteiger partial charge < -0.3 is 15.5 Å². The molecular formula is C20H28ClN4O2. The fraction of sp³-hybridized carbons (Fsp3) is 0.550. The van der Waals surface area contributed by atoms with Crippen molar-refractivity contribution in [2.75, 3.05) is 39.3 Å². The van der Waals surface area contributed by atoms with E-state index in [1.165, 1.54) is 0 Å². The van der Waals surface area contributed by atoms with Crippen molar-refractivity contribution in [2.24, 2.45) is 5.73 Å². The minimum Gasteiger partial charge on any atom is -0.351 e. The van der Waals surface area contributed by atoms with Gasteiger partial charge in [0.05, 0.1) is 6.42 Å². The van der Waals surface area contributed by atoms with Gasteiger partial charge in [-0.3, -0.25) is 9.69 Å². The summed E-state index contributed by atoms with van der Waals surface area (Å²) in [4.78, 5) is 29.8. The molecule has 0 atom stereocenters. The number of carbonyl (C=O) groups is 2. The van der Waals surface area contributed by atoms with Gasteiger partial charge in [-0.2, -0.15) is 0 Å². The van der Waals surface area contributed by atoms with Crippen LogP contribution in [-0.4, -0.2) is 71.9 Å². The summed E-state index contributed by atoms with van der Waals surface area (Å²) in [5, 5.41) is 0.753. The van der Waals surface area contributed by atoms with Gasteiger partial charge in [-0.15, -0.1) is 0 Å². The number of carbonyl (C=O) groups excluding carboxylic acids is 2. The van der Waals surface area contributed by atoms with Crippen LogP contribution in [0.25, 0.3) is 0 Å². The van der Waals surface area contributed by atoms with Crippen LogP contribution >= 0.6 is 11.6 Å². The van der Waals surface area contributed by atoms with Gasteiger partial charge in [0.2, 0.25) is 5.91 Å². The van der Waals surface area contributed by atoms with Gasteiger partial charge in [-0.25, -0.2) is 4.79 Å². The van der Waals surface area contributed by atoms with Crippen molar-refractivity contribution in [3.63, 3.8) is 0 Å². The number of nitrogens with two attached hydrogens (primary N) is 1. The van der Waals surface area contributed by atoms with Crippen LogP contribution in [0.4, 0.5) is 4.79 Å². The number of halogens is 1. The number of primary amides is 1. The van der Waals surface area contributed by atoms with Crippen molar-refractivity contribution >= 4 is 23.5 Å². The van der Waals surface area contributed by atoms with E-state index in [9.17, 15) is 9.59 Å². The summed E-state index contributed by atoms with van der Waals surface area (Å²) in [5.41, 5.74) is 7.48. The average molecular weight is 392 g/mol. The largest absolute Gasteiger partial charge is 0.351 e. The van der Waals surface area contributed by atoms with Gasteiger partial charge in [0.25, 0.3) is 0 Å². The minimum absolute atomic E-state index is 0.103. The highest BCUT2D eigenvalue weighted by atomic mass is 35.5. The Morgan fingerprint density at radius 3 is 2.37 bits per heavy atom. The summed E-state index contributed by atoms with van der Waals surface area (Å²) in [7, 11) is 0. The van der Waals surface area contributed by atoms with Crippen LogP contribution in [0, 0.1) is 13.3 Å². The summed E-state index contributed by atoms with van der Waals surface area (Å²) in [6, 6.07) is 6.04. The van der Waals surface area contributed by atoms with Gasteiger partial charge in [-0.05, 0) is 43.4 Å². The van der Waals surface area contributed by atoms with Crippen LogP contribution in [-0.2, 0) is 11.2 Å². The molecule has 2 N–H and O–H groups in total. The Kier molecular flexibility index (Phi) is 6.60. The Morgan fingerprint density at radius 2 is 1.78 bits per heavy atom. The van der Waals surface area contributed by atoms with Crippen molar-refractivity contribution < 1.29 is 9.59 Å². The molecule has 27 heavy (non-hydrogen) atoms. The smallest absolute Gasteiger partial charge is 0.314 e. The van der Waals surface area contributed by atoms with Gasteiger partial charge >= 0.3 is 6.03 Å². The fourth-order valence-corrected chi connectivity index (χ4v) is 4.04. The molecule has 0 aromatic heterocycles. The first-order chi connectivity index (χ1) is 12.9. The van der Waals surface area contributed by atoms with Crippen molar-refractivity contribution in [1.82, 2.24) is 14.7 Å². The van der Waals surface area contributed by atoms with Crippen LogP contribution in [0.15, 0.2) is 18.2 Å². The maximum absolute atomic E-state index is 12.5. The van der Waals surface area contributed by atoms with Crippen LogP contribution in [0.2, 0.25) is 5.02 Å². The number of piperidine rings is 1. The number of urea groups is 1. The predicted molar refractivity (Wildman–Crippen MR) is 107 cm³/mol. The Hall–Kier alpha value is -1.79. The SMILES string of the molecule is Cc1cc(C[CH]C(=O)N2CCN(C3CCN(C(N)=O)CC3)CC2)ccc1Cl. The third-order valence-electron chi connectivity index (χ3n) is 5.65. The molecule has 2 fully saturated rings. The first-order valence-corrected chi connectivity index (χ1v) is 9.97. The first-order valence-electron chi connectivity index (χ1n) is 9.59. The molecule has 2 aliphatic heterocycles. The standard InChI is InChI=1S/C20H28ClN4O2/c1-15-14-16(2-4-18(15)21)3-5-19(26)24-12-10-23(11-13-24)17-6-8-25(9-7-17)20(22)27/h2,4-5,14,17H,3,6-13H2,1H3,(H2,22,27). The Morgan fingerprint density at radius 1 is 1.11 bits per heavy atom. The molecule has 2 heterocycles. The van der Waals surface area contributed by atoms with Crippen molar-refractivity contribution in [3.05, 3.63) is 40.8 Å².